The molecule has 1 aromatic heterocycles. The van der Waals surface area contributed by atoms with Crippen LogP contribution in [0.25, 0.3) is 11.1 Å². The summed E-state index contributed by atoms with van der Waals surface area (Å²) in [6.07, 6.45) is 1.80. The van der Waals surface area contributed by atoms with Crippen LogP contribution in [0.2, 0.25) is 0 Å². The molecule has 0 aliphatic heterocycles. The molecule has 0 fully saturated rings. The van der Waals surface area contributed by atoms with Crippen LogP contribution < -0.4 is 5.73 Å². The molecular weight excluding hydrogens is 231 g/mol. The van der Waals surface area contributed by atoms with Gasteiger partial charge in [0.2, 0.25) is 0 Å². The zero-order valence-electron chi connectivity index (χ0n) is 10.6. The van der Waals surface area contributed by atoms with Crippen molar-refractivity contribution < 1.29 is 8.91 Å². The molecule has 0 aliphatic rings. The molecular formula is C14H17FN2O. The summed E-state index contributed by atoms with van der Waals surface area (Å²) in [5, 5.41) is 3.79. The van der Waals surface area contributed by atoms with E-state index in [9.17, 15) is 4.39 Å². The van der Waals surface area contributed by atoms with Crippen LogP contribution in [0.4, 0.5) is 10.2 Å². The minimum absolute atomic E-state index is 0.289. The quantitative estimate of drug-likeness (QED) is 0.898. The van der Waals surface area contributed by atoms with Gasteiger partial charge in [-0.25, -0.2) is 4.39 Å². The molecule has 1 heterocycles. The Bertz CT molecular complexity index is 536. The average Bonchev–Trinajstić information content (AvgIpc) is 2.70. The van der Waals surface area contributed by atoms with Gasteiger partial charge in [0.05, 0.1) is 5.56 Å². The van der Waals surface area contributed by atoms with E-state index in [2.05, 4.69) is 19.0 Å². The first kappa shape index (κ1) is 12.6. The largest absolute Gasteiger partial charge is 0.380 e. The molecule has 1 aromatic carbocycles. The Morgan fingerprint density at radius 1 is 1.44 bits per heavy atom. The van der Waals surface area contributed by atoms with Crippen LogP contribution in [0, 0.1) is 11.7 Å². The molecule has 0 amide bonds. The van der Waals surface area contributed by atoms with Crippen LogP contribution in [0.1, 0.15) is 26.0 Å². The number of rotatable bonds is 4. The van der Waals surface area contributed by atoms with E-state index in [1.807, 2.05) is 6.07 Å². The Hall–Kier alpha value is -1.84. The first-order valence-corrected chi connectivity index (χ1v) is 6.11. The summed E-state index contributed by atoms with van der Waals surface area (Å²) in [4.78, 5) is 0. The third-order valence-electron chi connectivity index (χ3n) is 3.13. The van der Waals surface area contributed by atoms with Crippen LogP contribution in [-0.2, 0) is 6.42 Å². The Morgan fingerprint density at radius 3 is 2.89 bits per heavy atom. The zero-order chi connectivity index (χ0) is 13.1. The van der Waals surface area contributed by atoms with Crippen molar-refractivity contribution in [3.8, 4) is 11.1 Å². The third-order valence-corrected chi connectivity index (χ3v) is 3.13. The fourth-order valence-electron chi connectivity index (χ4n) is 1.89. The van der Waals surface area contributed by atoms with E-state index in [0.29, 0.717) is 17.3 Å². The molecule has 18 heavy (non-hydrogen) atoms. The van der Waals surface area contributed by atoms with Gasteiger partial charge in [0.1, 0.15) is 11.6 Å². The summed E-state index contributed by atoms with van der Waals surface area (Å²) in [7, 11) is 0. The second-order valence-corrected chi connectivity index (χ2v) is 4.59. The monoisotopic (exact) mass is 248 g/mol. The highest BCUT2D eigenvalue weighted by molar-refractivity contribution is 5.75. The number of aromatic nitrogens is 1. The molecule has 0 saturated carbocycles. The fourth-order valence-corrected chi connectivity index (χ4v) is 1.89. The van der Waals surface area contributed by atoms with Crippen molar-refractivity contribution >= 4 is 5.82 Å². The van der Waals surface area contributed by atoms with Gasteiger partial charge in [-0.15, -0.1) is 0 Å². The molecule has 96 valence electrons. The number of nitrogens with two attached hydrogens (primary N) is 1. The highest BCUT2D eigenvalue weighted by Gasteiger charge is 2.17. The van der Waals surface area contributed by atoms with Crippen molar-refractivity contribution in [2.24, 2.45) is 5.92 Å². The SMILES string of the molecule is CCC(C)Cc1onc(N)c1-c1cccc(F)c1. The highest BCUT2D eigenvalue weighted by Crippen LogP contribution is 2.31. The molecule has 0 saturated heterocycles. The summed E-state index contributed by atoms with van der Waals surface area (Å²) < 4.78 is 18.5. The predicted molar refractivity (Wildman–Crippen MR) is 69.5 cm³/mol. The van der Waals surface area contributed by atoms with Gasteiger partial charge in [0.15, 0.2) is 5.82 Å². The second-order valence-electron chi connectivity index (χ2n) is 4.59. The first-order chi connectivity index (χ1) is 8.61. The fraction of sp³-hybridized carbons (Fsp3) is 0.357. The summed E-state index contributed by atoms with van der Waals surface area (Å²) in [6.45, 7) is 4.25. The van der Waals surface area contributed by atoms with Gasteiger partial charge in [-0.05, 0) is 23.6 Å². The van der Waals surface area contributed by atoms with E-state index in [-0.39, 0.29) is 5.82 Å². The molecule has 0 radical (unpaired) electrons. The maximum absolute atomic E-state index is 13.3. The molecule has 3 nitrogen and oxygen atoms in total. The zero-order valence-corrected chi connectivity index (χ0v) is 10.6. The molecule has 0 bridgehead atoms. The molecule has 2 rings (SSSR count). The molecule has 0 spiro atoms. The molecule has 4 heteroatoms. The van der Waals surface area contributed by atoms with E-state index in [1.54, 1.807) is 6.07 Å². The van der Waals surface area contributed by atoms with Crippen LogP contribution in [0.3, 0.4) is 0 Å². The minimum atomic E-state index is -0.289. The van der Waals surface area contributed by atoms with E-state index in [1.165, 1.54) is 12.1 Å². The van der Waals surface area contributed by atoms with Crippen molar-refractivity contribution in [2.75, 3.05) is 5.73 Å². The van der Waals surface area contributed by atoms with E-state index in [0.717, 1.165) is 24.2 Å². The van der Waals surface area contributed by atoms with Crippen molar-refractivity contribution in [3.05, 3.63) is 35.8 Å². The lowest BCUT2D eigenvalue weighted by molar-refractivity contribution is 0.364. The Morgan fingerprint density at radius 2 is 2.22 bits per heavy atom. The van der Waals surface area contributed by atoms with Gasteiger partial charge in [0, 0.05) is 6.42 Å². The van der Waals surface area contributed by atoms with Gasteiger partial charge >= 0.3 is 0 Å². The number of hydrogen-bond acceptors (Lipinski definition) is 3. The van der Waals surface area contributed by atoms with E-state index >= 15 is 0 Å². The summed E-state index contributed by atoms with van der Waals surface area (Å²) in [6, 6.07) is 6.32. The molecule has 2 aromatic rings. The number of nitrogen functional groups attached to an aromatic ring is 1. The Labute approximate surface area is 106 Å². The molecule has 1 unspecified atom stereocenters. The molecule has 0 aliphatic carbocycles. The van der Waals surface area contributed by atoms with Crippen molar-refractivity contribution in [3.63, 3.8) is 0 Å². The predicted octanol–water partition coefficient (Wildman–Crippen LogP) is 3.65. The Kier molecular flexibility index (Phi) is 3.65. The topological polar surface area (TPSA) is 52.0 Å². The molecule has 2 N–H and O–H groups in total. The standard InChI is InChI=1S/C14H17FN2O/c1-3-9(2)7-12-13(14(16)17-18-12)10-5-4-6-11(15)8-10/h4-6,8-9H,3,7H2,1-2H3,(H2,16,17). The summed E-state index contributed by atoms with van der Waals surface area (Å²) in [5.41, 5.74) is 7.25. The number of anilines is 1. The van der Waals surface area contributed by atoms with Crippen LogP contribution in [0.5, 0.6) is 0 Å². The maximum Gasteiger partial charge on any atom is 0.175 e. The van der Waals surface area contributed by atoms with Gasteiger partial charge < -0.3 is 10.3 Å². The van der Waals surface area contributed by atoms with Crippen LogP contribution in [-0.4, -0.2) is 5.16 Å². The van der Waals surface area contributed by atoms with Crippen molar-refractivity contribution in [2.45, 2.75) is 26.7 Å². The van der Waals surface area contributed by atoms with Crippen molar-refractivity contribution in [1.82, 2.24) is 5.16 Å². The smallest absolute Gasteiger partial charge is 0.175 e. The minimum Gasteiger partial charge on any atom is -0.380 e. The lowest BCUT2D eigenvalue weighted by Crippen LogP contribution is -1.99. The van der Waals surface area contributed by atoms with Gasteiger partial charge in [-0.3, -0.25) is 0 Å². The average molecular weight is 248 g/mol. The van der Waals surface area contributed by atoms with Crippen molar-refractivity contribution in [1.29, 1.82) is 0 Å². The third kappa shape index (κ3) is 2.53. The maximum atomic E-state index is 13.3. The number of halogens is 1. The van der Waals surface area contributed by atoms with Gasteiger partial charge in [-0.1, -0.05) is 37.6 Å². The van der Waals surface area contributed by atoms with E-state index < -0.39 is 0 Å². The number of nitrogens with zero attached hydrogens (tertiary/aromatic N) is 1. The van der Waals surface area contributed by atoms with Crippen LogP contribution in [0.15, 0.2) is 28.8 Å². The summed E-state index contributed by atoms with van der Waals surface area (Å²) in [5.74, 6) is 1.23. The lowest BCUT2D eigenvalue weighted by Gasteiger charge is -2.07. The van der Waals surface area contributed by atoms with Crippen LogP contribution >= 0.6 is 0 Å². The highest BCUT2D eigenvalue weighted by atomic mass is 19.1. The second kappa shape index (κ2) is 5.21. The molecule has 1 atom stereocenters. The van der Waals surface area contributed by atoms with Gasteiger partial charge in [-0.2, -0.15) is 0 Å². The Balaban J connectivity index is 2.40. The van der Waals surface area contributed by atoms with E-state index in [4.69, 9.17) is 10.3 Å². The normalized spacial score (nSPS) is 12.6. The number of benzene rings is 1. The summed E-state index contributed by atoms with van der Waals surface area (Å²) >= 11 is 0. The first-order valence-electron chi connectivity index (χ1n) is 6.11. The van der Waals surface area contributed by atoms with Gasteiger partial charge in [0.25, 0.3) is 0 Å². The number of hydrogen-bond donors (Lipinski definition) is 1. The lowest BCUT2D eigenvalue weighted by atomic mass is 9.98.